The molecule has 0 atom stereocenters. The maximum absolute atomic E-state index is 12.4. The number of halogens is 1. The Kier molecular flexibility index (Phi) is 5.23. The molecule has 1 aromatic rings. The van der Waals surface area contributed by atoms with Gasteiger partial charge >= 0.3 is 18.9 Å². The fourth-order valence-electron chi connectivity index (χ4n) is 0.810. The van der Waals surface area contributed by atoms with E-state index in [0.717, 1.165) is 5.56 Å². The second kappa shape index (κ2) is 5.37. The van der Waals surface area contributed by atoms with Crippen LogP contribution in [0.15, 0.2) is 24.3 Å². The summed E-state index contributed by atoms with van der Waals surface area (Å²) in [6.45, 7) is -0.177. The summed E-state index contributed by atoms with van der Waals surface area (Å²) in [5, 5.41) is 10.1. The fourth-order valence-corrected chi connectivity index (χ4v) is 0.810. The quantitative estimate of drug-likeness (QED) is 0.431. The van der Waals surface area contributed by atoms with Crippen molar-refractivity contribution in [1.29, 1.82) is 0 Å². The standard InChI is InChI=1S/C8H8FO.Li/c9-8-3-1-2-7(6-8)4-5-10;/h1-3,6H,4-5H2;/q-1;+1. The molecule has 0 fully saturated rings. The molecule has 1 rings (SSSR count). The minimum Gasteiger partial charge on any atom is -0.854 e. The Morgan fingerprint density at radius 1 is 1.36 bits per heavy atom. The zero-order chi connectivity index (χ0) is 7.40. The summed E-state index contributed by atoms with van der Waals surface area (Å²) in [5.41, 5.74) is 0.773. The molecule has 0 heterocycles. The van der Waals surface area contributed by atoms with Gasteiger partial charge in [0.05, 0.1) is 0 Å². The van der Waals surface area contributed by atoms with Gasteiger partial charge in [-0.1, -0.05) is 12.1 Å². The smallest absolute Gasteiger partial charge is 0.854 e. The van der Waals surface area contributed by atoms with E-state index >= 15 is 0 Å². The van der Waals surface area contributed by atoms with Crippen molar-refractivity contribution in [2.45, 2.75) is 6.42 Å². The van der Waals surface area contributed by atoms with Gasteiger partial charge in [0, 0.05) is 0 Å². The molecule has 0 amide bonds. The predicted molar refractivity (Wildman–Crippen MR) is 35.0 cm³/mol. The van der Waals surface area contributed by atoms with E-state index in [4.69, 9.17) is 0 Å². The molecular weight excluding hydrogens is 138 g/mol. The van der Waals surface area contributed by atoms with Crippen LogP contribution in [0.5, 0.6) is 0 Å². The maximum Gasteiger partial charge on any atom is 1.00 e. The largest absolute Gasteiger partial charge is 1.00 e. The molecule has 0 radical (unpaired) electrons. The van der Waals surface area contributed by atoms with E-state index in [0.29, 0.717) is 6.42 Å². The summed E-state index contributed by atoms with van der Waals surface area (Å²) in [6.07, 6.45) is 0.414. The molecule has 0 aliphatic heterocycles. The normalized spacial score (nSPS) is 8.91. The second-order valence-corrected chi connectivity index (χ2v) is 2.08. The van der Waals surface area contributed by atoms with E-state index in [-0.39, 0.29) is 31.3 Å². The molecular formula is C8H8FLiO. The predicted octanol–water partition coefficient (Wildman–Crippen LogP) is -2.27. The Morgan fingerprint density at radius 2 is 2.09 bits per heavy atom. The van der Waals surface area contributed by atoms with E-state index in [1.807, 2.05) is 0 Å². The Balaban J connectivity index is 0.000001000. The number of hydrogen-bond donors (Lipinski definition) is 0. The van der Waals surface area contributed by atoms with Gasteiger partial charge in [-0.2, -0.15) is 0 Å². The molecule has 3 heteroatoms. The first kappa shape index (κ1) is 10.7. The molecule has 0 aliphatic rings. The number of hydrogen-bond acceptors (Lipinski definition) is 1. The monoisotopic (exact) mass is 146 g/mol. The topological polar surface area (TPSA) is 23.1 Å². The van der Waals surface area contributed by atoms with Crippen LogP contribution >= 0.6 is 0 Å². The summed E-state index contributed by atoms with van der Waals surface area (Å²) < 4.78 is 12.4. The third kappa shape index (κ3) is 3.57. The SMILES string of the molecule is [Li+].[O-]CCc1cccc(F)c1. The van der Waals surface area contributed by atoms with E-state index in [2.05, 4.69) is 0 Å². The Morgan fingerprint density at radius 3 is 2.64 bits per heavy atom. The van der Waals surface area contributed by atoms with E-state index in [1.54, 1.807) is 12.1 Å². The molecule has 0 saturated carbocycles. The average molecular weight is 146 g/mol. The van der Waals surface area contributed by atoms with Gasteiger partial charge in [-0.15, -0.1) is 6.61 Å². The van der Waals surface area contributed by atoms with Crippen molar-refractivity contribution in [2.24, 2.45) is 0 Å². The summed E-state index contributed by atoms with van der Waals surface area (Å²) in [7, 11) is 0. The Labute approximate surface area is 77.4 Å². The van der Waals surface area contributed by atoms with Gasteiger partial charge in [0.1, 0.15) is 5.82 Å². The number of benzene rings is 1. The molecule has 0 bridgehead atoms. The zero-order valence-corrected chi connectivity index (χ0v) is 6.51. The third-order valence-corrected chi connectivity index (χ3v) is 1.28. The van der Waals surface area contributed by atoms with Crippen molar-refractivity contribution in [1.82, 2.24) is 0 Å². The molecule has 0 N–H and O–H groups in total. The number of rotatable bonds is 2. The van der Waals surface area contributed by atoms with Gasteiger partial charge in [-0.05, 0) is 24.1 Å². The van der Waals surface area contributed by atoms with Gasteiger partial charge < -0.3 is 5.11 Å². The molecule has 11 heavy (non-hydrogen) atoms. The van der Waals surface area contributed by atoms with Crippen LogP contribution in [0.3, 0.4) is 0 Å². The van der Waals surface area contributed by atoms with Crippen molar-refractivity contribution >= 4 is 0 Å². The molecule has 0 aliphatic carbocycles. The van der Waals surface area contributed by atoms with Crippen molar-refractivity contribution in [3.8, 4) is 0 Å². The zero-order valence-electron chi connectivity index (χ0n) is 6.51. The van der Waals surface area contributed by atoms with Gasteiger partial charge in [0.25, 0.3) is 0 Å². The maximum atomic E-state index is 12.4. The average Bonchev–Trinajstić information content (AvgIpc) is 1.88. The second-order valence-electron chi connectivity index (χ2n) is 2.08. The molecule has 1 aromatic carbocycles. The first-order valence-electron chi connectivity index (χ1n) is 3.15. The van der Waals surface area contributed by atoms with E-state index in [9.17, 15) is 9.50 Å². The molecule has 0 unspecified atom stereocenters. The van der Waals surface area contributed by atoms with Crippen molar-refractivity contribution in [3.05, 3.63) is 35.6 Å². The molecule has 0 aromatic heterocycles. The van der Waals surface area contributed by atoms with Crippen LogP contribution in [0.1, 0.15) is 5.56 Å². The van der Waals surface area contributed by atoms with Crippen LogP contribution in [0.2, 0.25) is 0 Å². The van der Waals surface area contributed by atoms with Crippen LogP contribution in [0.4, 0.5) is 4.39 Å². The van der Waals surface area contributed by atoms with Gasteiger partial charge in [0.15, 0.2) is 0 Å². The van der Waals surface area contributed by atoms with E-state index in [1.165, 1.54) is 12.1 Å². The summed E-state index contributed by atoms with van der Waals surface area (Å²) in [6, 6.07) is 6.12. The van der Waals surface area contributed by atoms with E-state index < -0.39 is 0 Å². The first-order chi connectivity index (χ1) is 4.83. The minimum absolute atomic E-state index is 0. The fraction of sp³-hybridized carbons (Fsp3) is 0.250. The van der Waals surface area contributed by atoms with Gasteiger partial charge in [0.2, 0.25) is 0 Å². The summed E-state index contributed by atoms with van der Waals surface area (Å²) in [5.74, 6) is -0.272. The Bertz CT molecular complexity index is 215. The molecule has 0 saturated heterocycles. The van der Waals surface area contributed by atoms with Gasteiger partial charge in [-0.3, -0.25) is 0 Å². The summed E-state index contributed by atoms with van der Waals surface area (Å²) >= 11 is 0. The van der Waals surface area contributed by atoms with Crippen LogP contribution in [-0.4, -0.2) is 6.61 Å². The van der Waals surface area contributed by atoms with Crippen molar-refractivity contribution < 1.29 is 28.4 Å². The molecule has 1 nitrogen and oxygen atoms in total. The molecule has 0 spiro atoms. The first-order valence-corrected chi connectivity index (χ1v) is 3.15. The van der Waals surface area contributed by atoms with Crippen LogP contribution < -0.4 is 24.0 Å². The van der Waals surface area contributed by atoms with Gasteiger partial charge in [-0.25, -0.2) is 4.39 Å². The third-order valence-electron chi connectivity index (χ3n) is 1.28. The van der Waals surface area contributed by atoms with Crippen LogP contribution in [0.25, 0.3) is 0 Å². The van der Waals surface area contributed by atoms with Crippen LogP contribution in [0, 0.1) is 5.82 Å². The van der Waals surface area contributed by atoms with Crippen molar-refractivity contribution in [3.63, 3.8) is 0 Å². The summed E-state index contributed by atoms with van der Waals surface area (Å²) in [4.78, 5) is 0. The molecule has 54 valence electrons. The van der Waals surface area contributed by atoms with Crippen LogP contribution in [-0.2, 0) is 6.42 Å². The Hall–Kier alpha value is -0.293. The minimum atomic E-state index is -0.272. The van der Waals surface area contributed by atoms with Crippen molar-refractivity contribution in [2.75, 3.05) is 6.61 Å².